The Morgan fingerprint density at radius 3 is 2.75 bits per heavy atom. The zero-order valence-corrected chi connectivity index (χ0v) is 7.67. The molecule has 1 fully saturated rings. The third-order valence-electron chi connectivity index (χ3n) is 2.88. The first-order chi connectivity index (χ1) is 5.64. The summed E-state index contributed by atoms with van der Waals surface area (Å²) in [6.07, 6.45) is 2.50. The van der Waals surface area contributed by atoms with E-state index < -0.39 is 5.41 Å². The van der Waals surface area contributed by atoms with Gasteiger partial charge >= 0.3 is 5.97 Å². The molecule has 0 radical (unpaired) electrons. The van der Waals surface area contributed by atoms with Crippen molar-refractivity contribution in [2.24, 2.45) is 5.41 Å². The van der Waals surface area contributed by atoms with Crippen molar-refractivity contribution < 1.29 is 14.6 Å². The van der Waals surface area contributed by atoms with Gasteiger partial charge in [0.1, 0.15) is 0 Å². The van der Waals surface area contributed by atoms with Gasteiger partial charge < -0.3 is 9.84 Å². The maximum atomic E-state index is 11.4. The monoisotopic (exact) mass is 172 g/mol. The molecule has 1 saturated carbocycles. The van der Waals surface area contributed by atoms with E-state index in [0.717, 1.165) is 19.3 Å². The van der Waals surface area contributed by atoms with Gasteiger partial charge in [0.15, 0.2) is 0 Å². The van der Waals surface area contributed by atoms with Crippen molar-refractivity contribution >= 4 is 5.97 Å². The lowest BCUT2D eigenvalue weighted by molar-refractivity contribution is -0.153. The van der Waals surface area contributed by atoms with Crippen LogP contribution in [0.3, 0.4) is 0 Å². The van der Waals surface area contributed by atoms with Gasteiger partial charge in [-0.05, 0) is 25.7 Å². The molecule has 12 heavy (non-hydrogen) atoms. The smallest absolute Gasteiger partial charge is 0.311 e. The SMILES string of the molecule is CC[C@@]1(C(=O)OC)CC[C@@H](O)C1. The molecule has 2 atom stereocenters. The molecule has 3 heteroatoms. The highest BCUT2D eigenvalue weighted by atomic mass is 16.5. The number of rotatable bonds is 2. The second-order valence-electron chi connectivity index (χ2n) is 3.52. The summed E-state index contributed by atoms with van der Waals surface area (Å²) < 4.78 is 4.73. The van der Waals surface area contributed by atoms with Crippen LogP contribution in [0, 0.1) is 5.41 Å². The van der Waals surface area contributed by atoms with Crippen LogP contribution in [0.2, 0.25) is 0 Å². The van der Waals surface area contributed by atoms with Crippen LogP contribution >= 0.6 is 0 Å². The molecule has 0 heterocycles. The van der Waals surface area contributed by atoms with E-state index in [4.69, 9.17) is 4.74 Å². The summed E-state index contributed by atoms with van der Waals surface area (Å²) in [5.74, 6) is -0.165. The molecule has 0 spiro atoms. The largest absolute Gasteiger partial charge is 0.469 e. The summed E-state index contributed by atoms with van der Waals surface area (Å²) in [5, 5.41) is 9.33. The predicted molar refractivity (Wildman–Crippen MR) is 44.6 cm³/mol. The Morgan fingerprint density at radius 2 is 2.42 bits per heavy atom. The van der Waals surface area contributed by atoms with E-state index >= 15 is 0 Å². The zero-order valence-electron chi connectivity index (χ0n) is 7.67. The van der Waals surface area contributed by atoms with Crippen LogP contribution in [0.25, 0.3) is 0 Å². The molecule has 0 unspecified atom stereocenters. The van der Waals surface area contributed by atoms with Gasteiger partial charge in [0, 0.05) is 0 Å². The lowest BCUT2D eigenvalue weighted by Crippen LogP contribution is -2.29. The van der Waals surface area contributed by atoms with Gasteiger partial charge in [-0.2, -0.15) is 0 Å². The van der Waals surface area contributed by atoms with Gasteiger partial charge in [0.25, 0.3) is 0 Å². The van der Waals surface area contributed by atoms with Gasteiger partial charge in [-0.25, -0.2) is 0 Å². The molecular formula is C9H16O3. The number of ether oxygens (including phenoxy) is 1. The highest BCUT2D eigenvalue weighted by Gasteiger charge is 2.44. The van der Waals surface area contributed by atoms with Crippen LogP contribution in [0.5, 0.6) is 0 Å². The molecule has 1 rings (SSSR count). The fraction of sp³-hybridized carbons (Fsp3) is 0.889. The molecule has 0 aromatic heterocycles. The molecule has 70 valence electrons. The summed E-state index contributed by atoms with van der Waals surface area (Å²) in [4.78, 5) is 11.4. The number of aliphatic hydroxyl groups is 1. The number of esters is 1. The fourth-order valence-electron chi connectivity index (χ4n) is 1.97. The van der Waals surface area contributed by atoms with Crippen molar-refractivity contribution in [3.63, 3.8) is 0 Å². The standard InChI is InChI=1S/C9H16O3/c1-3-9(8(11)12-2)5-4-7(10)6-9/h7,10H,3-6H2,1-2H3/t7-,9-/m1/s1. The van der Waals surface area contributed by atoms with Crippen molar-refractivity contribution in [2.75, 3.05) is 7.11 Å². The molecule has 0 aromatic carbocycles. The molecule has 3 nitrogen and oxygen atoms in total. The Morgan fingerprint density at radius 1 is 1.75 bits per heavy atom. The number of hydrogen-bond donors (Lipinski definition) is 1. The number of carbonyl (C=O) groups is 1. The summed E-state index contributed by atoms with van der Waals surface area (Å²) in [5.41, 5.74) is -0.395. The highest BCUT2D eigenvalue weighted by molar-refractivity contribution is 5.77. The topological polar surface area (TPSA) is 46.5 Å². The van der Waals surface area contributed by atoms with Gasteiger partial charge in [0.05, 0.1) is 18.6 Å². The summed E-state index contributed by atoms with van der Waals surface area (Å²) in [6, 6.07) is 0. The van der Waals surface area contributed by atoms with Gasteiger partial charge in [-0.3, -0.25) is 4.79 Å². The van der Waals surface area contributed by atoms with Gasteiger partial charge in [-0.15, -0.1) is 0 Å². The first kappa shape index (κ1) is 9.52. The number of carbonyl (C=O) groups excluding carboxylic acids is 1. The molecule has 1 aliphatic carbocycles. The molecule has 0 amide bonds. The quantitative estimate of drug-likeness (QED) is 0.634. The minimum atomic E-state index is -0.395. The van der Waals surface area contributed by atoms with E-state index in [9.17, 15) is 9.90 Å². The predicted octanol–water partition coefficient (Wildman–Crippen LogP) is 1.10. The Bertz CT molecular complexity index is 179. The Kier molecular flexibility index (Phi) is 2.73. The summed E-state index contributed by atoms with van der Waals surface area (Å²) in [6.45, 7) is 1.97. The molecule has 0 aliphatic heterocycles. The summed E-state index contributed by atoms with van der Waals surface area (Å²) >= 11 is 0. The number of aliphatic hydroxyl groups excluding tert-OH is 1. The van der Waals surface area contributed by atoms with Crippen molar-refractivity contribution in [2.45, 2.75) is 38.7 Å². The van der Waals surface area contributed by atoms with Crippen LogP contribution in [0.4, 0.5) is 0 Å². The van der Waals surface area contributed by atoms with Gasteiger partial charge in [0.2, 0.25) is 0 Å². The third-order valence-corrected chi connectivity index (χ3v) is 2.88. The highest BCUT2D eigenvalue weighted by Crippen LogP contribution is 2.41. The fourth-order valence-corrected chi connectivity index (χ4v) is 1.97. The molecular weight excluding hydrogens is 156 g/mol. The van der Waals surface area contributed by atoms with E-state index in [1.807, 2.05) is 6.92 Å². The minimum Gasteiger partial charge on any atom is -0.469 e. The second-order valence-corrected chi connectivity index (χ2v) is 3.52. The molecule has 1 N–H and O–H groups in total. The normalized spacial score (nSPS) is 35.1. The maximum absolute atomic E-state index is 11.4. The average Bonchev–Trinajstić information content (AvgIpc) is 2.47. The van der Waals surface area contributed by atoms with Gasteiger partial charge in [-0.1, -0.05) is 6.92 Å². The van der Waals surface area contributed by atoms with Crippen molar-refractivity contribution in [1.29, 1.82) is 0 Å². The van der Waals surface area contributed by atoms with Crippen molar-refractivity contribution in [3.05, 3.63) is 0 Å². The van der Waals surface area contributed by atoms with Crippen LogP contribution in [-0.4, -0.2) is 24.3 Å². The number of methoxy groups -OCH3 is 1. The lowest BCUT2D eigenvalue weighted by Gasteiger charge is -2.23. The minimum absolute atomic E-state index is 0.165. The van der Waals surface area contributed by atoms with Crippen LogP contribution in [0.1, 0.15) is 32.6 Å². The van der Waals surface area contributed by atoms with Crippen LogP contribution in [0.15, 0.2) is 0 Å². The Hall–Kier alpha value is -0.570. The zero-order chi connectivity index (χ0) is 9.19. The van der Waals surface area contributed by atoms with Crippen molar-refractivity contribution in [3.8, 4) is 0 Å². The molecule has 0 aromatic rings. The maximum Gasteiger partial charge on any atom is 0.311 e. The Labute approximate surface area is 72.7 Å². The third kappa shape index (κ3) is 1.46. The second kappa shape index (κ2) is 3.44. The van der Waals surface area contributed by atoms with E-state index in [1.54, 1.807) is 0 Å². The first-order valence-corrected chi connectivity index (χ1v) is 4.41. The van der Waals surface area contributed by atoms with E-state index in [2.05, 4.69) is 0 Å². The van der Waals surface area contributed by atoms with Crippen molar-refractivity contribution in [1.82, 2.24) is 0 Å². The first-order valence-electron chi connectivity index (χ1n) is 4.41. The lowest BCUT2D eigenvalue weighted by atomic mass is 9.83. The average molecular weight is 172 g/mol. The summed E-state index contributed by atoms with van der Waals surface area (Å²) in [7, 11) is 1.41. The van der Waals surface area contributed by atoms with E-state index in [-0.39, 0.29) is 12.1 Å². The van der Waals surface area contributed by atoms with E-state index in [0.29, 0.717) is 6.42 Å². The molecule has 0 bridgehead atoms. The van der Waals surface area contributed by atoms with E-state index in [1.165, 1.54) is 7.11 Å². The van der Waals surface area contributed by atoms with Crippen LogP contribution < -0.4 is 0 Å². The number of hydrogen-bond acceptors (Lipinski definition) is 3. The molecule has 1 aliphatic rings. The Balaban J connectivity index is 2.70. The van der Waals surface area contributed by atoms with Crippen LogP contribution in [-0.2, 0) is 9.53 Å². The molecule has 0 saturated heterocycles.